The number of hydrogen-bond acceptors (Lipinski definition) is 4. The van der Waals surface area contributed by atoms with Crippen molar-refractivity contribution in [3.63, 3.8) is 0 Å². The molecule has 1 N–H and O–H groups in total. The molecule has 0 spiro atoms. The summed E-state index contributed by atoms with van der Waals surface area (Å²) in [4.78, 5) is 4.31. The Hall–Kier alpha value is 0.0800. The van der Waals surface area contributed by atoms with Crippen molar-refractivity contribution >= 4 is 35.1 Å². The van der Waals surface area contributed by atoms with E-state index in [0.29, 0.717) is 10.5 Å². The Morgan fingerprint density at radius 1 is 1.12 bits per heavy atom. The standard InChI is InChI=1S/C11H19N2PS2/c1-9(2)15-14(16-10(3)4)13-11-7-5-6-8-12-11/h5-10H,1-4H3,(H,12,13). The highest BCUT2D eigenvalue weighted by atomic mass is 33.1. The molecule has 1 rings (SSSR count). The van der Waals surface area contributed by atoms with Crippen LogP contribution in [0.25, 0.3) is 0 Å². The summed E-state index contributed by atoms with van der Waals surface area (Å²) in [6.07, 6.45) is 1.83. The first kappa shape index (κ1) is 14.1. The minimum absolute atomic E-state index is 0.295. The molecule has 0 radical (unpaired) electrons. The van der Waals surface area contributed by atoms with E-state index in [1.807, 2.05) is 47.2 Å². The zero-order valence-corrected chi connectivity index (χ0v) is 12.7. The molecule has 0 aliphatic rings. The quantitative estimate of drug-likeness (QED) is 0.738. The first-order chi connectivity index (χ1) is 7.58. The van der Waals surface area contributed by atoms with Crippen LogP contribution in [0.15, 0.2) is 24.4 Å². The van der Waals surface area contributed by atoms with E-state index >= 15 is 0 Å². The number of nitrogens with zero attached hydrogens (tertiary/aromatic N) is 1. The second-order valence-electron chi connectivity index (χ2n) is 3.89. The van der Waals surface area contributed by atoms with Crippen LogP contribution in [-0.4, -0.2) is 15.5 Å². The monoisotopic (exact) mass is 274 g/mol. The third-order valence-corrected chi connectivity index (χ3v) is 8.90. The fourth-order valence-corrected chi connectivity index (χ4v) is 9.09. The first-order valence-corrected chi connectivity index (χ1v) is 9.70. The van der Waals surface area contributed by atoms with Crippen LogP contribution < -0.4 is 5.09 Å². The van der Waals surface area contributed by atoms with Crippen LogP contribution in [0.3, 0.4) is 0 Å². The zero-order valence-electron chi connectivity index (χ0n) is 10.2. The van der Waals surface area contributed by atoms with Crippen molar-refractivity contribution in [2.45, 2.75) is 38.2 Å². The summed E-state index contributed by atoms with van der Waals surface area (Å²) < 4.78 is 0. The Kier molecular flexibility index (Phi) is 6.55. The Balaban J connectivity index is 2.56. The number of pyridine rings is 1. The Morgan fingerprint density at radius 3 is 2.19 bits per heavy atom. The van der Waals surface area contributed by atoms with Crippen LogP contribution >= 0.6 is 29.2 Å². The molecule has 0 amide bonds. The normalized spacial score (nSPS) is 11.4. The fraction of sp³-hybridized carbons (Fsp3) is 0.545. The van der Waals surface area contributed by atoms with Gasteiger partial charge in [0, 0.05) is 16.7 Å². The summed E-state index contributed by atoms with van der Waals surface area (Å²) in [6, 6.07) is 5.98. The van der Waals surface area contributed by atoms with Crippen LogP contribution in [0.5, 0.6) is 0 Å². The summed E-state index contributed by atoms with van der Waals surface area (Å²) in [6.45, 7) is 8.65. The lowest BCUT2D eigenvalue weighted by molar-refractivity contribution is 1.12. The highest BCUT2D eigenvalue weighted by Crippen LogP contribution is 2.62. The smallest absolute Gasteiger partial charge is 0.130 e. The fourth-order valence-electron chi connectivity index (χ4n) is 0.983. The van der Waals surface area contributed by atoms with Gasteiger partial charge < -0.3 is 5.09 Å². The van der Waals surface area contributed by atoms with Crippen molar-refractivity contribution in [2.24, 2.45) is 0 Å². The maximum Gasteiger partial charge on any atom is 0.130 e. The van der Waals surface area contributed by atoms with Crippen molar-refractivity contribution in [1.29, 1.82) is 0 Å². The molecule has 1 heterocycles. The lowest BCUT2D eigenvalue weighted by Gasteiger charge is -2.21. The van der Waals surface area contributed by atoms with Gasteiger partial charge in [0.05, 0.1) is 0 Å². The highest BCUT2D eigenvalue weighted by molar-refractivity contribution is 8.88. The molecule has 0 fully saturated rings. The van der Waals surface area contributed by atoms with Gasteiger partial charge in [-0.2, -0.15) is 0 Å². The molecule has 0 saturated heterocycles. The molecule has 0 atom stereocenters. The Morgan fingerprint density at radius 2 is 1.75 bits per heavy atom. The summed E-state index contributed by atoms with van der Waals surface area (Å²) in [5, 5.41) is 4.81. The molecule has 0 bridgehead atoms. The van der Waals surface area contributed by atoms with Crippen molar-refractivity contribution in [3.05, 3.63) is 24.4 Å². The van der Waals surface area contributed by atoms with E-state index in [4.69, 9.17) is 0 Å². The Bertz CT molecular complexity index is 283. The predicted molar refractivity (Wildman–Crippen MR) is 80.2 cm³/mol. The van der Waals surface area contributed by atoms with E-state index in [2.05, 4.69) is 37.8 Å². The van der Waals surface area contributed by atoms with Crippen molar-refractivity contribution in [3.8, 4) is 0 Å². The molecule has 90 valence electrons. The SMILES string of the molecule is CC(C)SP(Nc1ccccn1)SC(C)C. The third kappa shape index (κ3) is 5.97. The van der Waals surface area contributed by atoms with Gasteiger partial charge in [0.15, 0.2) is 0 Å². The summed E-state index contributed by atoms with van der Waals surface area (Å²) in [5.41, 5.74) is 0. The number of rotatable bonds is 6. The summed E-state index contributed by atoms with van der Waals surface area (Å²) in [7, 11) is 0. The van der Waals surface area contributed by atoms with Gasteiger partial charge in [-0.15, -0.1) is 0 Å². The van der Waals surface area contributed by atoms with Gasteiger partial charge in [0.2, 0.25) is 0 Å². The van der Waals surface area contributed by atoms with Crippen LogP contribution in [0.4, 0.5) is 5.82 Å². The van der Waals surface area contributed by atoms with E-state index < -0.39 is 0 Å². The molecule has 0 unspecified atom stereocenters. The number of aromatic nitrogens is 1. The largest absolute Gasteiger partial charge is 0.332 e. The molecule has 1 aromatic heterocycles. The van der Waals surface area contributed by atoms with E-state index in [-0.39, 0.29) is 6.48 Å². The molecule has 5 heteroatoms. The van der Waals surface area contributed by atoms with Gasteiger partial charge in [-0.3, -0.25) is 0 Å². The molecule has 0 saturated carbocycles. The second-order valence-corrected chi connectivity index (χ2v) is 11.1. The molecular weight excluding hydrogens is 255 g/mol. The zero-order chi connectivity index (χ0) is 12.0. The third-order valence-electron chi connectivity index (χ3n) is 1.48. The molecule has 16 heavy (non-hydrogen) atoms. The van der Waals surface area contributed by atoms with E-state index in [9.17, 15) is 0 Å². The molecule has 0 aliphatic heterocycles. The lowest BCUT2D eigenvalue weighted by Crippen LogP contribution is -1.95. The van der Waals surface area contributed by atoms with Gasteiger partial charge in [0.25, 0.3) is 0 Å². The van der Waals surface area contributed by atoms with Crippen molar-refractivity contribution < 1.29 is 0 Å². The molecule has 0 aromatic carbocycles. The summed E-state index contributed by atoms with van der Waals surface area (Å²) >= 11 is 4.00. The van der Waals surface area contributed by atoms with E-state index in [0.717, 1.165) is 5.82 Å². The molecule has 2 nitrogen and oxygen atoms in total. The maximum absolute atomic E-state index is 4.31. The summed E-state index contributed by atoms with van der Waals surface area (Å²) in [5.74, 6) is 0.981. The van der Waals surface area contributed by atoms with Gasteiger partial charge in [0.1, 0.15) is 12.3 Å². The van der Waals surface area contributed by atoms with E-state index in [1.165, 1.54) is 0 Å². The van der Waals surface area contributed by atoms with Crippen LogP contribution in [-0.2, 0) is 0 Å². The number of hydrogen-bond donors (Lipinski definition) is 1. The highest BCUT2D eigenvalue weighted by Gasteiger charge is 2.14. The molecule has 0 aliphatic carbocycles. The van der Waals surface area contributed by atoms with Crippen molar-refractivity contribution in [1.82, 2.24) is 4.98 Å². The van der Waals surface area contributed by atoms with Gasteiger partial charge in [-0.1, -0.05) is 56.5 Å². The average Bonchev–Trinajstić information content (AvgIpc) is 2.16. The number of anilines is 1. The van der Waals surface area contributed by atoms with Gasteiger partial charge >= 0.3 is 0 Å². The lowest BCUT2D eigenvalue weighted by atomic mass is 10.5. The predicted octanol–water partition coefficient (Wildman–Crippen LogP) is 5.00. The van der Waals surface area contributed by atoms with Gasteiger partial charge in [-0.05, 0) is 12.1 Å². The minimum atomic E-state index is -0.295. The van der Waals surface area contributed by atoms with Crippen LogP contribution in [0.2, 0.25) is 0 Å². The average molecular weight is 274 g/mol. The first-order valence-electron chi connectivity index (χ1n) is 5.39. The molecular formula is C11H19N2PS2. The Labute approximate surface area is 108 Å². The molecule has 1 aromatic rings. The maximum atomic E-state index is 4.31. The van der Waals surface area contributed by atoms with Crippen LogP contribution in [0, 0.1) is 0 Å². The van der Waals surface area contributed by atoms with Gasteiger partial charge in [-0.25, -0.2) is 4.98 Å². The van der Waals surface area contributed by atoms with Crippen LogP contribution in [0.1, 0.15) is 27.7 Å². The van der Waals surface area contributed by atoms with Crippen molar-refractivity contribution in [2.75, 3.05) is 5.09 Å². The topological polar surface area (TPSA) is 24.9 Å². The minimum Gasteiger partial charge on any atom is -0.332 e. The van der Waals surface area contributed by atoms with E-state index in [1.54, 1.807) is 0 Å². The number of nitrogens with one attached hydrogen (secondary N) is 1. The second kappa shape index (κ2) is 7.41.